The van der Waals surface area contributed by atoms with Gasteiger partial charge in [0.1, 0.15) is 5.01 Å². The number of benzene rings is 1. The third kappa shape index (κ3) is 3.27. The van der Waals surface area contributed by atoms with Gasteiger partial charge >= 0.3 is 0 Å². The summed E-state index contributed by atoms with van der Waals surface area (Å²) in [5, 5.41) is 4.49. The van der Waals surface area contributed by atoms with Crippen LogP contribution >= 0.6 is 43.2 Å². The van der Waals surface area contributed by atoms with Gasteiger partial charge < -0.3 is 5.32 Å². The molecule has 2 aromatic rings. The molecular weight excluding hydrogens is 388 g/mol. The van der Waals surface area contributed by atoms with Gasteiger partial charge in [0.15, 0.2) is 0 Å². The molecule has 0 bridgehead atoms. The van der Waals surface area contributed by atoms with Crippen LogP contribution in [0.4, 0.5) is 0 Å². The molecule has 0 fully saturated rings. The van der Waals surface area contributed by atoms with Gasteiger partial charge in [0.25, 0.3) is 0 Å². The molecule has 0 aliphatic rings. The van der Waals surface area contributed by atoms with Gasteiger partial charge in [-0.15, -0.1) is 11.3 Å². The third-order valence-corrected chi connectivity index (χ3v) is 6.01. The Morgan fingerprint density at radius 2 is 2.05 bits per heavy atom. The highest BCUT2D eigenvalue weighted by molar-refractivity contribution is 9.13. The lowest BCUT2D eigenvalue weighted by Gasteiger charge is -2.14. The van der Waals surface area contributed by atoms with Crippen LogP contribution in [0.3, 0.4) is 0 Å². The molecule has 1 N–H and O–H groups in total. The molecule has 2 rings (SSSR count). The minimum Gasteiger partial charge on any atom is -0.307 e. The molecule has 1 heterocycles. The largest absolute Gasteiger partial charge is 0.307 e. The summed E-state index contributed by atoms with van der Waals surface area (Å²) in [6.45, 7) is 4.29. The number of hydrogen-bond acceptors (Lipinski definition) is 3. The summed E-state index contributed by atoms with van der Waals surface area (Å²) in [6, 6.07) is 6.46. The second kappa shape index (κ2) is 6.48. The highest BCUT2D eigenvalue weighted by atomic mass is 79.9. The third-order valence-electron chi connectivity index (χ3n) is 3.06. The van der Waals surface area contributed by atoms with Gasteiger partial charge in [0, 0.05) is 13.8 Å². The summed E-state index contributed by atoms with van der Waals surface area (Å²) < 4.78 is 2.13. The fraction of sp³-hybridized carbons (Fsp3) is 0.357. The van der Waals surface area contributed by atoms with Gasteiger partial charge in [0.05, 0.1) is 11.7 Å². The van der Waals surface area contributed by atoms with Crippen LogP contribution in [-0.4, -0.2) is 12.0 Å². The zero-order valence-corrected chi connectivity index (χ0v) is 15.1. The van der Waals surface area contributed by atoms with E-state index in [4.69, 9.17) is 4.98 Å². The van der Waals surface area contributed by atoms with Crippen LogP contribution in [0.25, 0.3) is 0 Å². The Morgan fingerprint density at radius 1 is 1.32 bits per heavy atom. The van der Waals surface area contributed by atoms with Gasteiger partial charge in [-0.1, -0.05) is 13.0 Å². The molecule has 0 saturated carbocycles. The first-order chi connectivity index (χ1) is 9.06. The molecule has 1 aromatic heterocycles. The quantitative estimate of drug-likeness (QED) is 0.789. The molecule has 1 atom stereocenters. The van der Waals surface area contributed by atoms with Crippen molar-refractivity contribution >= 4 is 43.2 Å². The number of aromatic nitrogens is 1. The summed E-state index contributed by atoms with van der Waals surface area (Å²) in [7, 11) is 1.98. The monoisotopic (exact) mass is 402 g/mol. The fourth-order valence-corrected chi connectivity index (χ4v) is 3.82. The van der Waals surface area contributed by atoms with Crippen LogP contribution in [-0.2, 0) is 6.42 Å². The number of aryl methyl sites for hydroxylation is 2. The molecule has 0 radical (unpaired) electrons. The van der Waals surface area contributed by atoms with Gasteiger partial charge in [-0.05, 0) is 69.9 Å². The van der Waals surface area contributed by atoms with Crippen molar-refractivity contribution < 1.29 is 0 Å². The standard InChI is InChI=1S/C14H16Br2N2S/c1-4-12-8(2)19-14(18-12)13(17-3)9-5-6-10(15)11(16)7-9/h5-7,13,17H,4H2,1-3H3. The molecule has 5 heteroatoms. The molecule has 2 nitrogen and oxygen atoms in total. The van der Waals surface area contributed by atoms with E-state index in [1.54, 1.807) is 11.3 Å². The van der Waals surface area contributed by atoms with E-state index in [0.29, 0.717) is 0 Å². The number of thiazole rings is 1. The summed E-state index contributed by atoms with van der Waals surface area (Å²) in [5.74, 6) is 0. The molecule has 102 valence electrons. The lowest BCUT2D eigenvalue weighted by Crippen LogP contribution is -2.17. The minimum absolute atomic E-state index is 0.147. The maximum absolute atomic E-state index is 4.76. The number of nitrogens with zero attached hydrogens (tertiary/aromatic N) is 1. The fourth-order valence-electron chi connectivity index (χ4n) is 2.03. The van der Waals surface area contributed by atoms with Crippen LogP contribution in [0.15, 0.2) is 27.1 Å². The van der Waals surface area contributed by atoms with E-state index in [1.807, 2.05) is 7.05 Å². The first-order valence-electron chi connectivity index (χ1n) is 6.15. The van der Waals surface area contributed by atoms with Crippen molar-refractivity contribution in [2.45, 2.75) is 26.3 Å². The first-order valence-corrected chi connectivity index (χ1v) is 8.55. The van der Waals surface area contributed by atoms with Gasteiger partial charge in [0.2, 0.25) is 0 Å². The lowest BCUT2D eigenvalue weighted by molar-refractivity contribution is 0.683. The second-order valence-electron chi connectivity index (χ2n) is 4.30. The number of hydrogen-bond donors (Lipinski definition) is 1. The van der Waals surface area contributed by atoms with Gasteiger partial charge in [-0.3, -0.25) is 0 Å². The van der Waals surface area contributed by atoms with E-state index in [9.17, 15) is 0 Å². The van der Waals surface area contributed by atoms with Gasteiger partial charge in [-0.2, -0.15) is 0 Å². The number of rotatable bonds is 4. The summed E-state index contributed by atoms with van der Waals surface area (Å²) in [4.78, 5) is 6.07. The van der Waals surface area contributed by atoms with Crippen molar-refractivity contribution in [2.24, 2.45) is 0 Å². The summed E-state index contributed by atoms with van der Waals surface area (Å²) >= 11 is 8.84. The molecule has 0 saturated heterocycles. The lowest BCUT2D eigenvalue weighted by atomic mass is 10.1. The summed E-state index contributed by atoms with van der Waals surface area (Å²) in [6.07, 6.45) is 0.989. The Morgan fingerprint density at radius 3 is 2.58 bits per heavy atom. The van der Waals surface area contributed by atoms with Crippen LogP contribution in [0, 0.1) is 6.92 Å². The number of halogens is 2. The molecule has 0 amide bonds. The Hall–Kier alpha value is -0.230. The zero-order chi connectivity index (χ0) is 14.0. The van der Waals surface area contributed by atoms with Crippen molar-refractivity contribution in [3.63, 3.8) is 0 Å². The molecule has 0 aliphatic carbocycles. The van der Waals surface area contributed by atoms with Gasteiger partial charge in [-0.25, -0.2) is 4.98 Å². The van der Waals surface area contributed by atoms with E-state index < -0.39 is 0 Å². The van der Waals surface area contributed by atoms with Crippen LogP contribution in [0.1, 0.15) is 34.1 Å². The van der Waals surface area contributed by atoms with Crippen LogP contribution < -0.4 is 5.32 Å². The molecule has 1 unspecified atom stereocenters. The van der Waals surface area contributed by atoms with E-state index in [0.717, 1.165) is 20.4 Å². The SMILES string of the molecule is CCc1nc(C(NC)c2ccc(Br)c(Br)c2)sc1C. The predicted octanol–water partition coefficient (Wildman–Crippen LogP) is 4.85. The summed E-state index contributed by atoms with van der Waals surface area (Å²) in [5.41, 5.74) is 2.42. The minimum atomic E-state index is 0.147. The highest BCUT2D eigenvalue weighted by Crippen LogP contribution is 2.32. The Bertz CT molecular complexity index is 581. The predicted molar refractivity (Wildman–Crippen MR) is 89.0 cm³/mol. The molecule has 0 aliphatic heterocycles. The van der Waals surface area contributed by atoms with Crippen LogP contribution in [0.5, 0.6) is 0 Å². The Balaban J connectivity index is 2.40. The van der Waals surface area contributed by atoms with E-state index in [1.165, 1.54) is 16.1 Å². The van der Waals surface area contributed by atoms with Crippen molar-refractivity contribution in [2.75, 3.05) is 7.05 Å². The molecular formula is C14H16Br2N2S. The van der Waals surface area contributed by atoms with Crippen molar-refractivity contribution in [3.8, 4) is 0 Å². The van der Waals surface area contributed by atoms with Crippen molar-refractivity contribution in [3.05, 3.63) is 48.3 Å². The van der Waals surface area contributed by atoms with Crippen molar-refractivity contribution in [1.82, 2.24) is 10.3 Å². The second-order valence-corrected chi connectivity index (χ2v) is 7.25. The highest BCUT2D eigenvalue weighted by Gasteiger charge is 2.18. The number of nitrogens with one attached hydrogen (secondary N) is 1. The Labute approximate surface area is 134 Å². The normalized spacial score (nSPS) is 12.7. The van der Waals surface area contributed by atoms with Crippen molar-refractivity contribution in [1.29, 1.82) is 0 Å². The topological polar surface area (TPSA) is 24.9 Å². The van der Waals surface area contributed by atoms with E-state index in [-0.39, 0.29) is 6.04 Å². The molecule has 1 aromatic carbocycles. The maximum atomic E-state index is 4.76. The van der Waals surface area contributed by atoms with E-state index in [2.05, 4.69) is 69.2 Å². The Kier molecular flexibility index (Phi) is 5.17. The average Bonchev–Trinajstić information content (AvgIpc) is 2.75. The van der Waals surface area contributed by atoms with E-state index >= 15 is 0 Å². The molecule has 19 heavy (non-hydrogen) atoms. The van der Waals surface area contributed by atoms with Crippen LogP contribution in [0.2, 0.25) is 0 Å². The zero-order valence-electron chi connectivity index (χ0n) is 11.1. The average molecular weight is 404 g/mol. The maximum Gasteiger partial charge on any atom is 0.115 e. The smallest absolute Gasteiger partial charge is 0.115 e. The first kappa shape index (κ1) is 15.2. The molecule has 0 spiro atoms.